The van der Waals surface area contributed by atoms with Gasteiger partial charge in [-0.1, -0.05) is 29.8 Å². The van der Waals surface area contributed by atoms with Crippen molar-refractivity contribution in [3.8, 4) is 5.75 Å². The largest absolute Gasteiger partial charge is 0.483 e. The molecule has 1 aromatic heterocycles. The lowest BCUT2D eigenvalue weighted by atomic mass is 10.1. The number of H-pyrrole nitrogens is 1. The van der Waals surface area contributed by atoms with Crippen LogP contribution >= 0.6 is 0 Å². The van der Waals surface area contributed by atoms with E-state index in [2.05, 4.69) is 10.1 Å². The molecule has 0 saturated carbocycles. The fourth-order valence-electron chi connectivity index (χ4n) is 3.27. The summed E-state index contributed by atoms with van der Waals surface area (Å²) in [6.45, 7) is 5.33. The van der Waals surface area contributed by atoms with Gasteiger partial charge < -0.3 is 14.5 Å². The van der Waals surface area contributed by atoms with E-state index in [1.165, 1.54) is 13.3 Å². The normalized spacial score (nSPS) is 11.1. The SMILES string of the molecule is COC(=O)CN(/N=C/c1ccc2cc[nH]c2c1)C(=O)COc1c(C)cc(C)cc1C. The molecule has 7 heteroatoms. The van der Waals surface area contributed by atoms with Gasteiger partial charge in [-0.15, -0.1) is 0 Å². The van der Waals surface area contributed by atoms with E-state index < -0.39 is 11.9 Å². The zero-order chi connectivity index (χ0) is 21.7. The number of hydrogen-bond donors (Lipinski definition) is 1. The summed E-state index contributed by atoms with van der Waals surface area (Å²) in [7, 11) is 1.27. The Labute approximate surface area is 175 Å². The third kappa shape index (κ3) is 5.05. The lowest BCUT2D eigenvalue weighted by Gasteiger charge is -2.18. The minimum Gasteiger partial charge on any atom is -0.483 e. The minimum atomic E-state index is -0.567. The molecule has 0 aliphatic heterocycles. The van der Waals surface area contributed by atoms with Crippen LogP contribution in [0.15, 0.2) is 47.7 Å². The molecule has 0 aliphatic carbocycles. The molecule has 0 aliphatic rings. The van der Waals surface area contributed by atoms with E-state index in [9.17, 15) is 9.59 Å². The molecule has 0 saturated heterocycles. The second kappa shape index (κ2) is 9.26. The number of amides is 1. The molecule has 0 unspecified atom stereocenters. The molecule has 2 aromatic carbocycles. The number of hydrogen-bond acceptors (Lipinski definition) is 5. The van der Waals surface area contributed by atoms with Crippen molar-refractivity contribution in [1.29, 1.82) is 0 Å². The molecule has 30 heavy (non-hydrogen) atoms. The number of benzene rings is 2. The number of aryl methyl sites for hydroxylation is 3. The van der Waals surface area contributed by atoms with Crippen LogP contribution in [0.2, 0.25) is 0 Å². The van der Waals surface area contributed by atoms with Crippen LogP contribution in [-0.2, 0) is 14.3 Å². The second-order valence-corrected chi connectivity index (χ2v) is 7.11. The van der Waals surface area contributed by atoms with Crippen LogP contribution in [0.5, 0.6) is 5.75 Å². The molecule has 0 bridgehead atoms. The van der Waals surface area contributed by atoms with Crippen molar-refractivity contribution in [2.75, 3.05) is 20.3 Å². The van der Waals surface area contributed by atoms with Crippen molar-refractivity contribution in [1.82, 2.24) is 9.99 Å². The fraction of sp³-hybridized carbons (Fsp3) is 0.261. The molecule has 1 amide bonds. The Bertz CT molecular complexity index is 1080. The van der Waals surface area contributed by atoms with Gasteiger partial charge in [0.15, 0.2) is 6.61 Å². The molecule has 3 rings (SSSR count). The molecular weight excluding hydrogens is 382 g/mol. The first kappa shape index (κ1) is 21.1. The van der Waals surface area contributed by atoms with Crippen molar-refractivity contribution in [3.63, 3.8) is 0 Å². The van der Waals surface area contributed by atoms with Gasteiger partial charge >= 0.3 is 5.97 Å². The lowest BCUT2D eigenvalue weighted by Crippen LogP contribution is -2.35. The van der Waals surface area contributed by atoms with Gasteiger partial charge in [-0.25, -0.2) is 5.01 Å². The highest BCUT2D eigenvalue weighted by molar-refractivity contribution is 5.90. The zero-order valence-corrected chi connectivity index (χ0v) is 17.6. The van der Waals surface area contributed by atoms with Gasteiger partial charge in [0.2, 0.25) is 0 Å². The molecule has 0 atom stereocenters. The highest BCUT2D eigenvalue weighted by Gasteiger charge is 2.18. The standard InChI is InChI=1S/C23H25N3O4/c1-15-9-16(2)23(17(3)10-15)30-14-21(27)26(13-22(28)29-4)25-12-18-5-6-19-7-8-24-20(19)11-18/h5-12,24H,13-14H2,1-4H3/b25-12+. The minimum absolute atomic E-state index is 0.241. The highest BCUT2D eigenvalue weighted by Crippen LogP contribution is 2.24. The Morgan fingerprint density at radius 2 is 1.83 bits per heavy atom. The average molecular weight is 407 g/mol. The summed E-state index contributed by atoms with van der Waals surface area (Å²) < 4.78 is 10.4. The van der Waals surface area contributed by atoms with Crippen molar-refractivity contribution >= 4 is 29.0 Å². The third-order valence-corrected chi connectivity index (χ3v) is 4.66. The molecule has 1 heterocycles. The highest BCUT2D eigenvalue weighted by atomic mass is 16.5. The number of hydrazone groups is 1. The number of rotatable bonds is 7. The van der Waals surface area contributed by atoms with Gasteiger partial charge in [0, 0.05) is 11.7 Å². The number of aromatic nitrogens is 1. The lowest BCUT2D eigenvalue weighted by molar-refractivity contribution is -0.147. The van der Waals surface area contributed by atoms with Crippen LogP contribution in [0.25, 0.3) is 10.9 Å². The number of fused-ring (bicyclic) bond motifs is 1. The molecule has 156 valence electrons. The van der Waals surface area contributed by atoms with Gasteiger partial charge in [-0.3, -0.25) is 9.59 Å². The number of aromatic amines is 1. The number of carbonyl (C=O) groups is 2. The van der Waals surface area contributed by atoms with E-state index in [0.717, 1.165) is 38.2 Å². The van der Waals surface area contributed by atoms with Crippen molar-refractivity contribution in [3.05, 3.63) is 64.8 Å². The first-order valence-electron chi connectivity index (χ1n) is 9.56. The Balaban J connectivity index is 1.75. The molecule has 0 spiro atoms. The van der Waals surface area contributed by atoms with Crippen LogP contribution in [0.3, 0.4) is 0 Å². The number of carbonyl (C=O) groups excluding carboxylic acids is 2. The summed E-state index contributed by atoms with van der Waals surface area (Å²) in [6.07, 6.45) is 3.38. The van der Waals surface area contributed by atoms with Crippen molar-refractivity contribution < 1.29 is 19.1 Å². The molecule has 7 nitrogen and oxygen atoms in total. The maximum atomic E-state index is 12.7. The average Bonchev–Trinajstić information content (AvgIpc) is 3.17. The number of methoxy groups -OCH3 is 1. The van der Waals surface area contributed by atoms with Crippen LogP contribution in [0.1, 0.15) is 22.3 Å². The maximum Gasteiger partial charge on any atom is 0.327 e. The predicted molar refractivity (Wildman–Crippen MR) is 116 cm³/mol. The van der Waals surface area contributed by atoms with Crippen LogP contribution in [-0.4, -0.2) is 48.3 Å². The number of nitrogens with zero attached hydrogens (tertiary/aromatic N) is 2. The smallest absolute Gasteiger partial charge is 0.327 e. The summed E-state index contributed by atoms with van der Waals surface area (Å²) in [5.41, 5.74) is 4.77. The molecular formula is C23H25N3O4. The van der Waals surface area contributed by atoms with E-state index in [0.29, 0.717) is 5.75 Å². The molecule has 0 radical (unpaired) electrons. The van der Waals surface area contributed by atoms with Crippen LogP contribution < -0.4 is 4.74 Å². The van der Waals surface area contributed by atoms with E-state index in [4.69, 9.17) is 9.47 Å². The molecule has 3 aromatic rings. The van der Waals surface area contributed by atoms with Gasteiger partial charge in [-0.2, -0.15) is 5.10 Å². The van der Waals surface area contributed by atoms with E-state index in [1.807, 2.05) is 63.4 Å². The van der Waals surface area contributed by atoms with Gasteiger partial charge in [0.1, 0.15) is 12.3 Å². The Kier molecular flexibility index (Phi) is 6.51. The number of ether oxygens (including phenoxy) is 2. The van der Waals surface area contributed by atoms with Gasteiger partial charge in [0.25, 0.3) is 5.91 Å². The summed E-state index contributed by atoms with van der Waals surface area (Å²) in [5.74, 6) is -0.354. The zero-order valence-electron chi connectivity index (χ0n) is 17.6. The van der Waals surface area contributed by atoms with E-state index in [-0.39, 0.29) is 13.2 Å². The number of nitrogens with one attached hydrogen (secondary N) is 1. The predicted octanol–water partition coefficient (Wildman–Crippen LogP) is 3.51. The first-order chi connectivity index (χ1) is 14.4. The first-order valence-corrected chi connectivity index (χ1v) is 9.56. The van der Waals surface area contributed by atoms with Crippen molar-refractivity contribution in [2.45, 2.75) is 20.8 Å². The number of esters is 1. The topological polar surface area (TPSA) is 84.0 Å². The quantitative estimate of drug-likeness (QED) is 0.369. The van der Waals surface area contributed by atoms with E-state index >= 15 is 0 Å². The summed E-state index contributed by atoms with van der Waals surface area (Å²) in [5, 5.41) is 6.34. The van der Waals surface area contributed by atoms with Crippen LogP contribution in [0, 0.1) is 20.8 Å². The summed E-state index contributed by atoms with van der Waals surface area (Å²) >= 11 is 0. The van der Waals surface area contributed by atoms with Gasteiger partial charge in [-0.05, 0) is 55.0 Å². The van der Waals surface area contributed by atoms with E-state index in [1.54, 1.807) is 0 Å². The summed E-state index contributed by atoms with van der Waals surface area (Å²) in [6, 6.07) is 11.7. The Morgan fingerprint density at radius 1 is 1.10 bits per heavy atom. The third-order valence-electron chi connectivity index (χ3n) is 4.66. The second-order valence-electron chi connectivity index (χ2n) is 7.11. The molecule has 1 N–H and O–H groups in total. The Morgan fingerprint density at radius 3 is 2.53 bits per heavy atom. The van der Waals surface area contributed by atoms with Gasteiger partial charge in [0.05, 0.1) is 13.3 Å². The summed E-state index contributed by atoms with van der Waals surface area (Å²) in [4.78, 5) is 27.6. The molecule has 0 fully saturated rings. The Hall–Kier alpha value is -3.61. The maximum absolute atomic E-state index is 12.7. The van der Waals surface area contributed by atoms with Crippen LogP contribution in [0.4, 0.5) is 0 Å². The monoisotopic (exact) mass is 407 g/mol. The van der Waals surface area contributed by atoms with Crippen molar-refractivity contribution in [2.24, 2.45) is 5.10 Å². The fourth-order valence-corrected chi connectivity index (χ4v) is 3.27.